The van der Waals surface area contributed by atoms with Crippen molar-refractivity contribution in [2.24, 2.45) is 0 Å². The molecule has 7 heteroatoms. The van der Waals surface area contributed by atoms with E-state index in [9.17, 15) is 14.7 Å². The molecule has 0 atom stereocenters. The first-order valence-corrected chi connectivity index (χ1v) is 6.19. The lowest BCUT2D eigenvalue weighted by atomic mass is 10.0. The van der Waals surface area contributed by atoms with E-state index in [-0.39, 0.29) is 39.9 Å². The van der Waals surface area contributed by atoms with Crippen molar-refractivity contribution in [1.82, 2.24) is 0 Å². The molecule has 0 saturated heterocycles. The minimum Gasteiger partial charge on any atom is -0.493 e. The average Bonchev–Trinajstić information content (AvgIpc) is 3.00. The van der Waals surface area contributed by atoms with Crippen LogP contribution in [-0.2, 0) is 0 Å². The Morgan fingerprint density at radius 1 is 1.14 bits per heavy atom. The van der Waals surface area contributed by atoms with Crippen molar-refractivity contribution in [3.63, 3.8) is 0 Å². The van der Waals surface area contributed by atoms with Gasteiger partial charge >= 0.3 is 5.97 Å². The van der Waals surface area contributed by atoms with Crippen molar-refractivity contribution in [3.05, 3.63) is 29.5 Å². The van der Waals surface area contributed by atoms with E-state index in [2.05, 4.69) is 0 Å². The summed E-state index contributed by atoms with van der Waals surface area (Å²) in [5, 5.41) is 9.43. The van der Waals surface area contributed by atoms with Gasteiger partial charge < -0.3 is 23.7 Å². The second kappa shape index (κ2) is 6.21. The predicted molar refractivity (Wildman–Crippen MR) is 76.1 cm³/mol. The molecule has 0 fully saturated rings. The molecule has 0 spiro atoms. The Labute approximate surface area is 126 Å². The van der Waals surface area contributed by atoms with Gasteiger partial charge in [-0.1, -0.05) is 0 Å². The van der Waals surface area contributed by atoms with Crippen molar-refractivity contribution in [3.8, 4) is 28.6 Å². The van der Waals surface area contributed by atoms with Crippen LogP contribution in [0.15, 0.2) is 22.6 Å². The van der Waals surface area contributed by atoms with Crippen LogP contribution in [0.25, 0.3) is 11.3 Å². The van der Waals surface area contributed by atoms with Crippen LogP contribution in [0.2, 0.25) is 0 Å². The number of methoxy groups -OCH3 is 3. The summed E-state index contributed by atoms with van der Waals surface area (Å²) in [6.45, 7) is 0. The normalized spacial score (nSPS) is 10.1. The molecule has 0 saturated carbocycles. The number of carboxylic acid groups (broad SMARTS) is 1. The number of furan rings is 1. The van der Waals surface area contributed by atoms with Crippen LogP contribution in [0.4, 0.5) is 0 Å². The van der Waals surface area contributed by atoms with Crippen molar-refractivity contribution < 1.29 is 33.3 Å². The zero-order valence-electron chi connectivity index (χ0n) is 12.2. The van der Waals surface area contributed by atoms with Gasteiger partial charge in [-0.25, -0.2) is 4.79 Å². The largest absolute Gasteiger partial charge is 0.493 e. The Balaban J connectivity index is 2.83. The van der Waals surface area contributed by atoms with Gasteiger partial charge in [-0.3, -0.25) is 4.79 Å². The number of carboxylic acids is 1. The van der Waals surface area contributed by atoms with Crippen molar-refractivity contribution in [2.75, 3.05) is 21.3 Å². The Morgan fingerprint density at radius 2 is 1.82 bits per heavy atom. The third-order valence-corrected chi connectivity index (χ3v) is 3.05. The van der Waals surface area contributed by atoms with Crippen molar-refractivity contribution >= 4 is 12.3 Å². The van der Waals surface area contributed by atoms with E-state index in [1.165, 1.54) is 39.5 Å². The lowest BCUT2D eigenvalue weighted by molar-refractivity contribution is 0.0696. The first-order chi connectivity index (χ1) is 10.6. The molecule has 1 aromatic heterocycles. The van der Waals surface area contributed by atoms with Crippen LogP contribution in [0, 0.1) is 0 Å². The molecule has 0 bridgehead atoms. The fourth-order valence-electron chi connectivity index (χ4n) is 2.12. The molecule has 1 N–H and O–H groups in total. The van der Waals surface area contributed by atoms with Crippen LogP contribution in [0.3, 0.4) is 0 Å². The van der Waals surface area contributed by atoms with Gasteiger partial charge in [0.05, 0.1) is 32.5 Å². The van der Waals surface area contributed by atoms with Crippen LogP contribution >= 0.6 is 0 Å². The summed E-state index contributed by atoms with van der Waals surface area (Å²) in [7, 11) is 4.17. The molecule has 0 unspecified atom stereocenters. The van der Waals surface area contributed by atoms with Crippen LogP contribution < -0.4 is 14.2 Å². The summed E-state index contributed by atoms with van der Waals surface area (Å²) in [5.41, 5.74) is 0.0713. The van der Waals surface area contributed by atoms with E-state index in [1.54, 1.807) is 0 Å². The molecule has 0 amide bonds. The van der Waals surface area contributed by atoms with Gasteiger partial charge in [-0.2, -0.15) is 0 Å². The zero-order chi connectivity index (χ0) is 16.3. The molecule has 1 aromatic carbocycles. The monoisotopic (exact) mass is 306 g/mol. The fourth-order valence-corrected chi connectivity index (χ4v) is 2.12. The van der Waals surface area contributed by atoms with Crippen molar-refractivity contribution in [1.29, 1.82) is 0 Å². The number of aromatic carboxylic acids is 1. The highest BCUT2D eigenvalue weighted by Crippen LogP contribution is 2.47. The first-order valence-electron chi connectivity index (χ1n) is 6.19. The number of carbonyl (C=O) groups is 2. The molecule has 116 valence electrons. The summed E-state index contributed by atoms with van der Waals surface area (Å²) in [6.07, 6.45) is 0.525. The van der Waals surface area contributed by atoms with Gasteiger partial charge in [0.15, 0.2) is 23.5 Å². The SMILES string of the molecule is COc1cc(C(=O)O)c(-c2ccc(C=O)o2)c(OC)c1OC. The van der Waals surface area contributed by atoms with Crippen molar-refractivity contribution in [2.45, 2.75) is 0 Å². The highest BCUT2D eigenvalue weighted by molar-refractivity contribution is 5.99. The maximum Gasteiger partial charge on any atom is 0.336 e. The van der Waals surface area contributed by atoms with Gasteiger partial charge in [-0.15, -0.1) is 0 Å². The van der Waals surface area contributed by atoms with Gasteiger partial charge in [0.25, 0.3) is 0 Å². The van der Waals surface area contributed by atoms with Gasteiger partial charge in [0, 0.05) is 0 Å². The number of hydrogen-bond donors (Lipinski definition) is 1. The predicted octanol–water partition coefficient (Wildman–Crippen LogP) is 2.48. The van der Waals surface area contributed by atoms with Gasteiger partial charge in [0.1, 0.15) is 5.76 Å². The number of hydrogen-bond acceptors (Lipinski definition) is 6. The van der Waals surface area contributed by atoms with Crippen LogP contribution in [-0.4, -0.2) is 38.7 Å². The third-order valence-electron chi connectivity index (χ3n) is 3.05. The molecular weight excluding hydrogens is 292 g/mol. The minimum absolute atomic E-state index is 0.0724. The third kappa shape index (κ3) is 2.48. The molecule has 2 rings (SSSR count). The zero-order valence-corrected chi connectivity index (χ0v) is 12.2. The Kier molecular flexibility index (Phi) is 4.36. The highest BCUT2D eigenvalue weighted by Gasteiger charge is 2.27. The van der Waals surface area contributed by atoms with E-state index >= 15 is 0 Å². The summed E-state index contributed by atoms with van der Waals surface area (Å²) in [5.74, 6) is -0.360. The Morgan fingerprint density at radius 3 is 2.27 bits per heavy atom. The highest BCUT2D eigenvalue weighted by atomic mass is 16.5. The summed E-state index contributed by atoms with van der Waals surface area (Å²) < 4.78 is 21.0. The number of aldehydes is 1. The van der Waals surface area contributed by atoms with Gasteiger partial charge in [0.2, 0.25) is 5.75 Å². The maximum absolute atomic E-state index is 11.5. The molecule has 0 aliphatic heterocycles. The molecule has 22 heavy (non-hydrogen) atoms. The summed E-state index contributed by atoms with van der Waals surface area (Å²) >= 11 is 0. The second-order valence-corrected chi connectivity index (χ2v) is 4.19. The smallest absolute Gasteiger partial charge is 0.336 e. The summed E-state index contributed by atoms with van der Waals surface area (Å²) in [6, 6.07) is 4.23. The average molecular weight is 306 g/mol. The molecule has 2 aromatic rings. The minimum atomic E-state index is -1.20. The molecule has 0 aliphatic rings. The molecule has 1 heterocycles. The number of benzene rings is 1. The lowest BCUT2D eigenvalue weighted by Gasteiger charge is -2.17. The molecule has 7 nitrogen and oxygen atoms in total. The number of rotatable bonds is 6. The number of carbonyl (C=O) groups excluding carboxylic acids is 1. The topological polar surface area (TPSA) is 95.2 Å². The first kappa shape index (κ1) is 15.4. The van der Waals surface area contributed by atoms with E-state index in [4.69, 9.17) is 18.6 Å². The van der Waals surface area contributed by atoms with Gasteiger partial charge in [-0.05, 0) is 18.2 Å². The van der Waals surface area contributed by atoms with E-state index in [0.29, 0.717) is 6.29 Å². The van der Waals surface area contributed by atoms with E-state index < -0.39 is 5.97 Å². The maximum atomic E-state index is 11.5. The molecule has 0 aliphatic carbocycles. The van der Waals surface area contributed by atoms with Crippen LogP contribution in [0.5, 0.6) is 17.2 Å². The number of ether oxygens (including phenoxy) is 3. The van der Waals surface area contributed by atoms with E-state index in [1.807, 2.05) is 0 Å². The summed E-state index contributed by atoms with van der Waals surface area (Å²) in [4.78, 5) is 22.3. The lowest BCUT2D eigenvalue weighted by Crippen LogP contribution is -2.05. The second-order valence-electron chi connectivity index (χ2n) is 4.19. The standard InChI is InChI=1S/C15H14O7/c1-19-11-6-9(15(17)18)12(14(21-3)13(11)20-2)10-5-4-8(7-16)22-10/h4-7H,1-3H3,(H,17,18). The Bertz CT molecular complexity index is 715. The van der Waals surface area contributed by atoms with Crippen LogP contribution in [0.1, 0.15) is 20.9 Å². The molecular formula is C15H14O7. The Hall–Kier alpha value is -2.96. The molecule has 0 radical (unpaired) electrons. The quantitative estimate of drug-likeness (QED) is 0.819. The fraction of sp³-hybridized carbons (Fsp3) is 0.200. The van der Waals surface area contributed by atoms with E-state index in [0.717, 1.165) is 0 Å².